The maximum Gasteiger partial charge on any atom is 0.242 e. The van der Waals surface area contributed by atoms with E-state index >= 15 is 0 Å². The lowest BCUT2D eigenvalue weighted by molar-refractivity contribution is -0.129. The third-order valence-corrected chi connectivity index (χ3v) is 3.96. The zero-order valence-electron chi connectivity index (χ0n) is 15.3. The van der Waals surface area contributed by atoms with E-state index in [0.29, 0.717) is 24.6 Å². The van der Waals surface area contributed by atoms with Crippen molar-refractivity contribution < 1.29 is 9.53 Å². The van der Waals surface area contributed by atoms with E-state index in [1.807, 2.05) is 78.7 Å². The maximum atomic E-state index is 12.6. The molecule has 0 saturated carbocycles. The molecule has 2 aromatic rings. The highest BCUT2D eigenvalue weighted by atomic mass is 16.5. The average Bonchev–Trinajstić information content (AvgIpc) is 2.69. The Kier molecular flexibility index (Phi) is 7.68. The number of rotatable bonds is 9. The number of amides is 1. The Morgan fingerprint density at radius 2 is 1.56 bits per heavy atom. The molecular formula is C21H22N4O2. The highest BCUT2D eigenvalue weighted by molar-refractivity contribution is 5.82. The smallest absolute Gasteiger partial charge is 0.242 e. The van der Waals surface area contributed by atoms with Gasteiger partial charge >= 0.3 is 0 Å². The van der Waals surface area contributed by atoms with Crippen molar-refractivity contribution in [2.45, 2.75) is 12.8 Å². The molecule has 0 saturated heterocycles. The zero-order valence-corrected chi connectivity index (χ0v) is 15.3. The largest absolute Gasteiger partial charge is 0.455 e. The topological polar surface area (TPSA) is 80.4 Å². The Balaban J connectivity index is 2.10. The summed E-state index contributed by atoms with van der Waals surface area (Å²) in [4.78, 5) is 16.0. The van der Waals surface area contributed by atoms with Crippen LogP contribution in [0.1, 0.15) is 12.8 Å². The number of benzene rings is 2. The summed E-state index contributed by atoms with van der Waals surface area (Å²) in [5.41, 5.74) is 0.787. The second kappa shape index (κ2) is 10.5. The molecule has 2 aromatic carbocycles. The second-order valence-electron chi connectivity index (χ2n) is 5.94. The number of anilines is 1. The monoisotopic (exact) mass is 362 g/mol. The molecule has 0 unspecified atom stereocenters. The van der Waals surface area contributed by atoms with Gasteiger partial charge in [-0.25, -0.2) is 0 Å². The highest BCUT2D eigenvalue weighted by Gasteiger charge is 2.17. The minimum atomic E-state index is -0.127. The molecule has 27 heavy (non-hydrogen) atoms. The van der Waals surface area contributed by atoms with Crippen molar-refractivity contribution in [2.75, 3.05) is 31.6 Å². The van der Waals surface area contributed by atoms with Gasteiger partial charge in [0.05, 0.1) is 37.2 Å². The Hall–Kier alpha value is -3.51. The number of hydrogen-bond donors (Lipinski definition) is 0. The van der Waals surface area contributed by atoms with E-state index < -0.39 is 0 Å². The van der Waals surface area contributed by atoms with E-state index in [-0.39, 0.29) is 25.3 Å². The van der Waals surface area contributed by atoms with Gasteiger partial charge in [0.1, 0.15) is 5.75 Å². The van der Waals surface area contributed by atoms with Crippen LogP contribution in [0.15, 0.2) is 54.6 Å². The van der Waals surface area contributed by atoms with Crippen molar-refractivity contribution >= 4 is 11.6 Å². The van der Waals surface area contributed by atoms with E-state index in [0.717, 1.165) is 5.69 Å². The molecule has 0 fully saturated rings. The minimum absolute atomic E-state index is 0.127. The molecule has 0 atom stereocenters. The molecule has 0 N–H and O–H groups in total. The van der Waals surface area contributed by atoms with Gasteiger partial charge in [-0.2, -0.15) is 10.5 Å². The summed E-state index contributed by atoms with van der Waals surface area (Å²) in [5.74, 6) is 1.24. The molecule has 0 radical (unpaired) electrons. The van der Waals surface area contributed by atoms with Crippen LogP contribution in [0.25, 0.3) is 0 Å². The van der Waals surface area contributed by atoms with Gasteiger partial charge in [0.15, 0.2) is 5.75 Å². The molecule has 0 spiro atoms. The summed E-state index contributed by atoms with van der Waals surface area (Å²) in [5, 5.41) is 17.6. The van der Waals surface area contributed by atoms with Crippen LogP contribution >= 0.6 is 0 Å². The first-order valence-corrected chi connectivity index (χ1v) is 8.70. The number of carbonyl (C=O) groups excluding carboxylic acids is 1. The molecule has 1 amide bonds. The van der Waals surface area contributed by atoms with Crippen LogP contribution in [0.5, 0.6) is 11.5 Å². The molecule has 0 heterocycles. The molecule has 2 rings (SSSR count). The number of nitrogens with zero attached hydrogens (tertiary/aromatic N) is 4. The molecule has 0 bridgehead atoms. The second-order valence-corrected chi connectivity index (χ2v) is 5.94. The fraction of sp³-hybridized carbons (Fsp3) is 0.286. The molecule has 0 aromatic heterocycles. The van der Waals surface area contributed by atoms with Crippen LogP contribution in [0, 0.1) is 22.7 Å². The standard InChI is InChI=1S/C21H22N4O2/c1-24(17-21(26)25(15-7-13-22)16-8-14-23)19-11-5-6-12-20(19)27-18-9-3-2-4-10-18/h2-6,9-12H,7-8,15-17H2,1H3. The first-order chi connectivity index (χ1) is 13.2. The number of ether oxygens (including phenoxy) is 1. The van der Waals surface area contributed by atoms with Gasteiger partial charge in [0, 0.05) is 20.1 Å². The summed E-state index contributed by atoms with van der Waals surface area (Å²) in [6, 6.07) is 21.0. The summed E-state index contributed by atoms with van der Waals surface area (Å²) in [6.45, 7) is 0.784. The summed E-state index contributed by atoms with van der Waals surface area (Å²) in [7, 11) is 1.82. The molecule has 0 aliphatic carbocycles. The highest BCUT2D eigenvalue weighted by Crippen LogP contribution is 2.31. The molecular weight excluding hydrogens is 340 g/mol. The summed E-state index contributed by atoms with van der Waals surface area (Å²) >= 11 is 0. The van der Waals surface area contributed by atoms with E-state index in [9.17, 15) is 4.79 Å². The summed E-state index contributed by atoms with van der Waals surface area (Å²) < 4.78 is 5.95. The molecule has 0 aliphatic rings. The number of likely N-dealkylation sites (N-methyl/N-ethyl adjacent to an activating group) is 1. The van der Waals surface area contributed by atoms with Crippen LogP contribution < -0.4 is 9.64 Å². The van der Waals surface area contributed by atoms with Crippen LogP contribution in [-0.2, 0) is 4.79 Å². The van der Waals surface area contributed by atoms with Gasteiger partial charge in [-0.15, -0.1) is 0 Å². The van der Waals surface area contributed by atoms with Gasteiger partial charge < -0.3 is 14.5 Å². The fourth-order valence-corrected chi connectivity index (χ4v) is 2.59. The SMILES string of the molecule is CN(CC(=O)N(CCC#N)CCC#N)c1ccccc1Oc1ccccc1. The van der Waals surface area contributed by atoms with Crippen LogP contribution in [0.2, 0.25) is 0 Å². The fourth-order valence-electron chi connectivity index (χ4n) is 2.59. The number of hydrogen-bond acceptors (Lipinski definition) is 5. The van der Waals surface area contributed by atoms with E-state index in [4.69, 9.17) is 15.3 Å². The van der Waals surface area contributed by atoms with E-state index in [1.54, 1.807) is 4.90 Å². The number of carbonyl (C=O) groups is 1. The lowest BCUT2D eigenvalue weighted by Gasteiger charge is -2.26. The van der Waals surface area contributed by atoms with Crippen molar-refractivity contribution in [2.24, 2.45) is 0 Å². The van der Waals surface area contributed by atoms with Gasteiger partial charge in [0.25, 0.3) is 0 Å². The molecule has 6 nitrogen and oxygen atoms in total. The van der Waals surface area contributed by atoms with Crippen LogP contribution in [-0.4, -0.2) is 37.5 Å². The molecule has 0 aliphatic heterocycles. The zero-order chi connectivity index (χ0) is 19.5. The Morgan fingerprint density at radius 3 is 2.19 bits per heavy atom. The first-order valence-electron chi connectivity index (χ1n) is 8.70. The third kappa shape index (κ3) is 6.05. The van der Waals surface area contributed by atoms with Gasteiger partial charge in [-0.3, -0.25) is 4.79 Å². The Bertz CT molecular complexity index is 806. The number of para-hydroxylation sites is 3. The normalized spacial score (nSPS) is 9.74. The quantitative estimate of drug-likeness (QED) is 0.681. The minimum Gasteiger partial charge on any atom is -0.455 e. The van der Waals surface area contributed by atoms with Crippen molar-refractivity contribution in [3.05, 3.63) is 54.6 Å². The van der Waals surface area contributed by atoms with Crippen LogP contribution in [0.4, 0.5) is 5.69 Å². The van der Waals surface area contributed by atoms with E-state index in [2.05, 4.69) is 0 Å². The maximum absolute atomic E-state index is 12.6. The van der Waals surface area contributed by atoms with Crippen molar-refractivity contribution in [1.82, 2.24) is 4.90 Å². The Morgan fingerprint density at radius 1 is 0.963 bits per heavy atom. The van der Waals surface area contributed by atoms with Crippen LogP contribution in [0.3, 0.4) is 0 Å². The third-order valence-electron chi connectivity index (χ3n) is 3.96. The summed E-state index contributed by atoms with van der Waals surface area (Å²) in [6.07, 6.45) is 0.489. The predicted molar refractivity (Wildman–Crippen MR) is 103 cm³/mol. The van der Waals surface area contributed by atoms with E-state index in [1.165, 1.54) is 0 Å². The van der Waals surface area contributed by atoms with Crippen molar-refractivity contribution in [3.63, 3.8) is 0 Å². The first kappa shape index (κ1) is 19.8. The predicted octanol–water partition coefficient (Wildman–Crippen LogP) is 3.57. The van der Waals surface area contributed by atoms with Crippen molar-refractivity contribution in [1.29, 1.82) is 10.5 Å². The van der Waals surface area contributed by atoms with Gasteiger partial charge in [-0.05, 0) is 24.3 Å². The lowest BCUT2D eigenvalue weighted by atomic mass is 10.2. The van der Waals surface area contributed by atoms with Crippen molar-refractivity contribution in [3.8, 4) is 23.6 Å². The Labute approximate surface area is 159 Å². The average molecular weight is 362 g/mol. The molecule has 138 valence electrons. The van der Waals surface area contributed by atoms with Gasteiger partial charge in [0.2, 0.25) is 5.91 Å². The number of nitriles is 2. The molecule has 6 heteroatoms. The van der Waals surface area contributed by atoms with Gasteiger partial charge in [-0.1, -0.05) is 30.3 Å². The lowest BCUT2D eigenvalue weighted by Crippen LogP contribution is -2.40.